The Bertz CT molecular complexity index is 1360. The molecule has 10 nitrogen and oxygen atoms in total. The first-order chi connectivity index (χ1) is 19.3. The molecule has 0 saturated carbocycles. The maximum Gasteiger partial charge on any atom is 0.416 e. The van der Waals surface area contributed by atoms with Gasteiger partial charge in [-0.2, -0.15) is 13.2 Å². The van der Waals surface area contributed by atoms with Crippen molar-refractivity contribution in [3.05, 3.63) is 82.9 Å². The summed E-state index contributed by atoms with van der Waals surface area (Å²) in [5.74, 6) is 0.462. The molecule has 0 radical (unpaired) electrons. The lowest BCUT2D eigenvalue weighted by atomic mass is 10.0. The molecule has 4 rings (SSSR count). The smallest absolute Gasteiger partial charge is 0.416 e. The Hall–Kier alpha value is -3.97. The van der Waals surface area contributed by atoms with Crippen LogP contribution in [-0.4, -0.2) is 50.4 Å². The van der Waals surface area contributed by atoms with E-state index in [1.165, 1.54) is 30.0 Å². The Balaban J connectivity index is 1.46. The van der Waals surface area contributed by atoms with Crippen LogP contribution in [-0.2, 0) is 40.1 Å². The molecule has 1 aliphatic heterocycles. The molecular weight excluding hydrogens is 541 g/mol. The summed E-state index contributed by atoms with van der Waals surface area (Å²) in [7, 11) is 0. The first-order valence-electron chi connectivity index (χ1n) is 13.1. The number of fused-ring (bicyclic) bond motifs is 1. The van der Waals surface area contributed by atoms with Gasteiger partial charge in [0, 0.05) is 18.7 Å². The van der Waals surface area contributed by atoms with Crippen LogP contribution < -0.4 is 11.1 Å². The van der Waals surface area contributed by atoms with Gasteiger partial charge in [-0.1, -0.05) is 48.5 Å². The van der Waals surface area contributed by atoms with Gasteiger partial charge in [0.15, 0.2) is 11.6 Å². The van der Waals surface area contributed by atoms with Crippen molar-refractivity contribution in [3.8, 4) is 0 Å². The van der Waals surface area contributed by atoms with E-state index in [4.69, 9.17) is 15.2 Å². The number of halogens is 3. The summed E-state index contributed by atoms with van der Waals surface area (Å²) in [6.07, 6.45) is -6.48. The van der Waals surface area contributed by atoms with Crippen LogP contribution in [0.4, 0.5) is 18.0 Å². The van der Waals surface area contributed by atoms with E-state index in [9.17, 15) is 22.8 Å². The van der Waals surface area contributed by atoms with Gasteiger partial charge < -0.3 is 25.1 Å². The lowest BCUT2D eigenvalue weighted by Crippen LogP contribution is -2.51. The molecule has 2 atom stereocenters. The number of carbonyl (C=O) groups excluding carboxylic acids is 2. The molecule has 0 fully saturated rings. The fourth-order valence-corrected chi connectivity index (χ4v) is 4.39. The molecule has 3 N–H and O–H groups in total. The minimum Gasteiger partial charge on any atom is -0.441 e. The summed E-state index contributed by atoms with van der Waals surface area (Å²) in [5.41, 5.74) is 4.81. The molecule has 2 heterocycles. The van der Waals surface area contributed by atoms with Crippen molar-refractivity contribution in [1.29, 1.82) is 0 Å². The van der Waals surface area contributed by atoms with E-state index in [1.807, 2.05) is 30.3 Å². The third-order valence-corrected chi connectivity index (χ3v) is 6.62. The number of amides is 2. The van der Waals surface area contributed by atoms with Gasteiger partial charge >= 0.3 is 12.3 Å². The van der Waals surface area contributed by atoms with Gasteiger partial charge in [-0.05, 0) is 32.4 Å². The van der Waals surface area contributed by atoms with Gasteiger partial charge in [-0.3, -0.25) is 9.69 Å². The molecule has 3 aromatic rings. The van der Waals surface area contributed by atoms with Crippen LogP contribution >= 0.6 is 0 Å². The molecule has 0 bridgehead atoms. The lowest BCUT2D eigenvalue weighted by Gasteiger charge is -2.30. The second-order valence-corrected chi connectivity index (χ2v) is 10.4. The molecule has 0 aliphatic carbocycles. The Morgan fingerprint density at radius 1 is 1.05 bits per heavy atom. The average molecular weight is 575 g/mol. The van der Waals surface area contributed by atoms with Crippen molar-refractivity contribution in [2.45, 2.75) is 64.3 Å². The van der Waals surface area contributed by atoms with E-state index in [1.54, 1.807) is 18.4 Å². The topological polar surface area (TPSA) is 125 Å². The van der Waals surface area contributed by atoms with E-state index in [-0.39, 0.29) is 31.8 Å². The summed E-state index contributed by atoms with van der Waals surface area (Å²) in [6.45, 7) is 5.46. The zero-order chi connectivity index (χ0) is 29.8. The zero-order valence-electron chi connectivity index (χ0n) is 23.0. The average Bonchev–Trinajstić information content (AvgIpc) is 3.35. The van der Waals surface area contributed by atoms with E-state index in [0.717, 1.165) is 11.6 Å². The summed E-state index contributed by atoms with van der Waals surface area (Å²) >= 11 is 0. The fraction of sp³-hybridized carbons (Fsp3) is 0.429. The van der Waals surface area contributed by atoms with E-state index >= 15 is 0 Å². The predicted molar refractivity (Wildman–Crippen MR) is 142 cm³/mol. The number of nitrogens with one attached hydrogen (secondary N) is 1. The quantitative estimate of drug-likeness (QED) is 0.394. The maximum absolute atomic E-state index is 13.4. The highest BCUT2D eigenvalue weighted by Crippen LogP contribution is 2.35. The van der Waals surface area contributed by atoms with Crippen LogP contribution in [0.15, 0.2) is 54.6 Å². The molecular formula is C28H33F3N6O4. The third kappa shape index (κ3) is 7.41. The first-order valence-corrected chi connectivity index (χ1v) is 13.1. The molecule has 220 valence electrons. The molecule has 1 aliphatic rings. The number of carbonyl (C=O) groups is 2. The highest BCUT2D eigenvalue weighted by Gasteiger charge is 2.36. The fourth-order valence-electron chi connectivity index (χ4n) is 4.39. The Morgan fingerprint density at radius 2 is 1.73 bits per heavy atom. The van der Waals surface area contributed by atoms with Gasteiger partial charge in [0.1, 0.15) is 12.1 Å². The van der Waals surface area contributed by atoms with Crippen molar-refractivity contribution in [1.82, 2.24) is 25.0 Å². The standard InChI is InChI=1S/C28H33F3N6O4/c1-18(20-11-7-8-12-21(20)28(29,30)31)41-26(39)36-13-14-37-23(15-36)34-35-24(37)22(33-25(38)27(2,3)32)17-40-16-19-9-5-4-6-10-19/h4-12,18,22H,13-17,32H2,1-3H3,(H,33,38)/t18?,22-/m1/s1. The van der Waals surface area contributed by atoms with Gasteiger partial charge in [-0.15, -0.1) is 10.2 Å². The minimum atomic E-state index is -4.58. The first kappa shape index (κ1) is 30.0. The number of aromatic nitrogens is 3. The molecule has 1 unspecified atom stereocenters. The normalized spacial score (nSPS) is 15.1. The van der Waals surface area contributed by atoms with Gasteiger partial charge in [0.05, 0.1) is 30.9 Å². The van der Waals surface area contributed by atoms with Gasteiger partial charge in [-0.25, -0.2) is 4.79 Å². The highest BCUT2D eigenvalue weighted by molar-refractivity contribution is 5.85. The Kier molecular flexibility index (Phi) is 8.98. The number of rotatable bonds is 9. The number of nitrogens with two attached hydrogens (primary N) is 1. The maximum atomic E-state index is 13.4. The predicted octanol–water partition coefficient (Wildman–Crippen LogP) is 4.12. The van der Waals surface area contributed by atoms with Crippen molar-refractivity contribution in [3.63, 3.8) is 0 Å². The van der Waals surface area contributed by atoms with Crippen molar-refractivity contribution >= 4 is 12.0 Å². The van der Waals surface area contributed by atoms with Crippen LogP contribution in [0.25, 0.3) is 0 Å². The largest absolute Gasteiger partial charge is 0.441 e. The summed E-state index contributed by atoms with van der Waals surface area (Å²) < 4.78 is 53.4. The third-order valence-electron chi connectivity index (χ3n) is 6.62. The Morgan fingerprint density at radius 3 is 2.41 bits per heavy atom. The lowest BCUT2D eigenvalue weighted by molar-refractivity contribution is -0.139. The van der Waals surface area contributed by atoms with E-state index in [2.05, 4.69) is 15.5 Å². The number of nitrogens with zero attached hydrogens (tertiary/aromatic N) is 4. The SMILES string of the molecule is CC(OC(=O)N1CCn2c(nnc2[C@@H](COCc2ccccc2)NC(=O)C(C)(C)N)C1)c1ccccc1C(F)(F)F. The van der Waals surface area contributed by atoms with Crippen molar-refractivity contribution in [2.24, 2.45) is 5.73 Å². The van der Waals surface area contributed by atoms with Crippen LogP contribution in [0, 0.1) is 0 Å². The van der Waals surface area contributed by atoms with Crippen LogP contribution in [0.1, 0.15) is 61.3 Å². The molecule has 0 saturated heterocycles. The summed E-state index contributed by atoms with van der Waals surface area (Å²) in [4.78, 5) is 27.0. The number of hydrogen-bond acceptors (Lipinski definition) is 7. The van der Waals surface area contributed by atoms with Crippen molar-refractivity contribution in [2.75, 3.05) is 13.2 Å². The highest BCUT2D eigenvalue weighted by atomic mass is 19.4. The molecule has 2 aromatic carbocycles. The van der Waals surface area contributed by atoms with E-state index in [0.29, 0.717) is 18.3 Å². The van der Waals surface area contributed by atoms with Crippen LogP contribution in [0.5, 0.6) is 0 Å². The van der Waals surface area contributed by atoms with Crippen molar-refractivity contribution < 1.29 is 32.2 Å². The summed E-state index contributed by atoms with van der Waals surface area (Å²) in [5, 5.41) is 11.4. The van der Waals surface area contributed by atoms with Gasteiger partial charge in [0.2, 0.25) is 5.91 Å². The number of hydrogen-bond donors (Lipinski definition) is 2. The van der Waals surface area contributed by atoms with E-state index < -0.39 is 41.4 Å². The monoisotopic (exact) mass is 574 g/mol. The molecule has 1 aromatic heterocycles. The zero-order valence-corrected chi connectivity index (χ0v) is 23.0. The molecule has 2 amide bonds. The molecule has 13 heteroatoms. The minimum absolute atomic E-state index is 0.0212. The van der Waals surface area contributed by atoms with Gasteiger partial charge in [0.25, 0.3) is 0 Å². The second kappa shape index (κ2) is 12.3. The van der Waals surface area contributed by atoms with Crippen LogP contribution in [0.3, 0.4) is 0 Å². The summed E-state index contributed by atoms with van der Waals surface area (Å²) in [6, 6.07) is 13.9. The molecule has 41 heavy (non-hydrogen) atoms. The number of alkyl halides is 3. The number of benzene rings is 2. The number of ether oxygens (including phenoxy) is 2. The molecule has 0 spiro atoms. The Labute approximate surface area is 235 Å². The van der Waals surface area contributed by atoms with Crippen LogP contribution in [0.2, 0.25) is 0 Å². The second-order valence-electron chi connectivity index (χ2n) is 10.4.